The molecule has 0 bridgehead atoms. The lowest BCUT2D eigenvalue weighted by Gasteiger charge is -2.10. The normalized spacial score (nSPS) is 10.9. The Bertz CT molecular complexity index is 1080. The van der Waals surface area contributed by atoms with Crippen molar-refractivity contribution < 1.29 is 4.74 Å². The largest absolute Gasteiger partial charge is 0.494 e. The van der Waals surface area contributed by atoms with E-state index in [1.165, 1.54) is 0 Å². The van der Waals surface area contributed by atoms with Gasteiger partial charge in [-0.3, -0.25) is 5.10 Å². The predicted octanol–water partition coefficient (Wildman–Crippen LogP) is 4.89. The topological polar surface area (TPSA) is 67.8 Å². The Morgan fingerprint density at radius 1 is 1.03 bits per heavy atom. The summed E-state index contributed by atoms with van der Waals surface area (Å²) in [5.74, 6) is 0.873. The van der Waals surface area contributed by atoms with Gasteiger partial charge in [0.15, 0.2) is 0 Å². The summed E-state index contributed by atoms with van der Waals surface area (Å²) < 4.78 is 7.48. The van der Waals surface area contributed by atoms with E-state index in [4.69, 9.17) is 4.74 Å². The van der Waals surface area contributed by atoms with Gasteiger partial charge in [0.25, 0.3) is 0 Å². The number of nitrogens with zero attached hydrogens (tertiary/aromatic N) is 3. The van der Waals surface area contributed by atoms with Crippen LogP contribution in [0.15, 0.2) is 60.8 Å². The quantitative estimate of drug-likeness (QED) is 0.474. The molecule has 2 aromatic carbocycles. The number of rotatable bonds is 7. The number of nitrogens with one attached hydrogen (secondary N) is 2. The molecule has 6 heteroatoms. The third kappa shape index (κ3) is 4.16. The summed E-state index contributed by atoms with van der Waals surface area (Å²) in [5.41, 5.74) is 7.46. The van der Waals surface area contributed by atoms with Gasteiger partial charge in [0, 0.05) is 29.1 Å². The molecule has 0 aliphatic carbocycles. The van der Waals surface area contributed by atoms with Gasteiger partial charge in [-0.25, -0.2) is 4.68 Å². The zero-order valence-electron chi connectivity index (χ0n) is 16.9. The van der Waals surface area contributed by atoms with Gasteiger partial charge >= 0.3 is 0 Å². The first-order valence-corrected chi connectivity index (χ1v) is 9.77. The number of benzene rings is 2. The highest BCUT2D eigenvalue weighted by atomic mass is 16.5. The minimum absolute atomic E-state index is 0.664. The summed E-state index contributed by atoms with van der Waals surface area (Å²) in [4.78, 5) is 0. The first-order chi connectivity index (χ1) is 14.1. The summed E-state index contributed by atoms with van der Waals surface area (Å²) in [6.07, 6.45) is 1.86. The maximum absolute atomic E-state index is 5.52. The average molecular weight is 387 g/mol. The molecule has 0 aliphatic rings. The van der Waals surface area contributed by atoms with Crippen molar-refractivity contribution in [2.75, 3.05) is 11.9 Å². The second-order valence-electron chi connectivity index (χ2n) is 6.97. The number of anilines is 1. The van der Waals surface area contributed by atoms with Gasteiger partial charge in [0.05, 0.1) is 29.9 Å². The molecule has 2 heterocycles. The number of H-pyrrole nitrogens is 1. The van der Waals surface area contributed by atoms with Crippen LogP contribution in [0.3, 0.4) is 0 Å². The van der Waals surface area contributed by atoms with E-state index in [9.17, 15) is 0 Å². The molecule has 0 atom stereocenters. The molecule has 148 valence electrons. The first kappa shape index (κ1) is 18.8. The molecule has 4 aromatic rings. The molecule has 0 amide bonds. The van der Waals surface area contributed by atoms with Crippen LogP contribution < -0.4 is 10.1 Å². The summed E-state index contributed by atoms with van der Waals surface area (Å²) >= 11 is 0. The van der Waals surface area contributed by atoms with E-state index in [0.717, 1.165) is 45.3 Å². The van der Waals surface area contributed by atoms with Gasteiger partial charge in [-0.05, 0) is 75.4 Å². The maximum atomic E-state index is 5.52. The van der Waals surface area contributed by atoms with Crippen LogP contribution in [-0.2, 0) is 6.54 Å². The van der Waals surface area contributed by atoms with E-state index in [1.807, 2.05) is 49.0 Å². The van der Waals surface area contributed by atoms with Crippen molar-refractivity contribution in [3.8, 4) is 22.7 Å². The molecular weight excluding hydrogens is 362 g/mol. The average Bonchev–Trinajstić information content (AvgIpc) is 3.33. The maximum Gasteiger partial charge on any atom is 0.119 e. The smallest absolute Gasteiger partial charge is 0.119 e. The summed E-state index contributed by atoms with van der Waals surface area (Å²) in [6, 6.07) is 18.4. The molecule has 6 nitrogen and oxygen atoms in total. The van der Waals surface area contributed by atoms with Crippen LogP contribution >= 0.6 is 0 Å². The third-order valence-electron chi connectivity index (χ3n) is 4.78. The number of aryl methyl sites for hydroxylation is 2. The number of hydrogen-bond donors (Lipinski definition) is 2. The van der Waals surface area contributed by atoms with Crippen molar-refractivity contribution in [2.45, 2.75) is 27.3 Å². The standard InChI is InChI=1S/C23H25N5O/c1-4-29-22-11-5-18(6-12-22)23-19(15-25-26-23)14-24-20-7-9-21(10-8-20)28-17(3)13-16(2)27-28/h5-13,15,24H,4,14H2,1-3H3,(H,25,26). The second-order valence-corrected chi connectivity index (χ2v) is 6.97. The molecule has 0 unspecified atom stereocenters. The molecule has 0 aliphatic heterocycles. The number of aromatic nitrogens is 4. The molecular formula is C23H25N5O. The number of hydrogen-bond acceptors (Lipinski definition) is 4. The van der Waals surface area contributed by atoms with E-state index < -0.39 is 0 Å². The van der Waals surface area contributed by atoms with E-state index in [-0.39, 0.29) is 0 Å². The minimum Gasteiger partial charge on any atom is -0.494 e. The molecule has 29 heavy (non-hydrogen) atoms. The first-order valence-electron chi connectivity index (χ1n) is 9.77. The monoisotopic (exact) mass is 387 g/mol. The Morgan fingerprint density at radius 2 is 1.79 bits per heavy atom. The van der Waals surface area contributed by atoms with E-state index >= 15 is 0 Å². The van der Waals surface area contributed by atoms with Crippen LogP contribution in [0.2, 0.25) is 0 Å². The van der Waals surface area contributed by atoms with Gasteiger partial charge < -0.3 is 10.1 Å². The van der Waals surface area contributed by atoms with Gasteiger partial charge in [-0.1, -0.05) is 0 Å². The zero-order valence-corrected chi connectivity index (χ0v) is 16.9. The molecule has 0 saturated heterocycles. The van der Waals surface area contributed by atoms with E-state index in [0.29, 0.717) is 13.2 Å². The van der Waals surface area contributed by atoms with Gasteiger partial charge in [0.2, 0.25) is 0 Å². The Morgan fingerprint density at radius 3 is 2.45 bits per heavy atom. The van der Waals surface area contributed by atoms with Crippen LogP contribution in [0.25, 0.3) is 16.9 Å². The van der Waals surface area contributed by atoms with Crippen LogP contribution in [-0.4, -0.2) is 26.6 Å². The number of ether oxygens (including phenoxy) is 1. The zero-order chi connectivity index (χ0) is 20.2. The lowest BCUT2D eigenvalue weighted by atomic mass is 10.1. The lowest BCUT2D eigenvalue weighted by Crippen LogP contribution is -2.02. The molecule has 0 fully saturated rings. The Balaban J connectivity index is 1.45. The Labute approximate surface area is 170 Å². The van der Waals surface area contributed by atoms with Crippen molar-refractivity contribution in [1.29, 1.82) is 0 Å². The summed E-state index contributed by atoms with van der Waals surface area (Å²) in [7, 11) is 0. The van der Waals surface area contributed by atoms with Crippen molar-refractivity contribution >= 4 is 5.69 Å². The van der Waals surface area contributed by atoms with Crippen molar-refractivity contribution in [3.05, 3.63) is 77.7 Å². The second kappa shape index (κ2) is 8.22. The number of aromatic amines is 1. The molecule has 2 aromatic heterocycles. The van der Waals surface area contributed by atoms with Crippen LogP contribution in [0, 0.1) is 13.8 Å². The van der Waals surface area contributed by atoms with Gasteiger partial charge in [-0.15, -0.1) is 0 Å². The molecule has 0 spiro atoms. The fourth-order valence-electron chi connectivity index (χ4n) is 3.39. The van der Waals surface area contributed by atoms with Crippen molar-refractivity contribution in [3.63, 3.8) is 0 Å². The third-order valence-corrected chi connectivity index (χ3v) is 4.78. The van der Waals surface area contributed by atoms with Crippen LogP contribution in [0.1, 0.15) is 23.9 Å². The fourth-order valence-corrected chi connectivity index (χ4v) is 3.39. The van der Waals surface area contributed by atoms with E-state index in [2.05, 4.69) is 57.9 Å². The van der Waals surface area contributed by atoms with Crippen LogP contribution in [0.4, 0.5) is 5.69 Å². The van der Waals surface area contributed by atoms with Crippen LogP contribution in [0.5, 0.6) is 5.75 Å². The van der Waals surface area contributed by atoms with Gasteiger partial charge in [-0.2, -0.15) is 10.2 Å². The SMILES string of the molecule is CCOc1ccc(-c2[nH]ncc2CNc2ccc(-n3nc(C)cc3C)cc2)cc1. The molecule has 2 N–H and O–H groups in total. The molecule has 4 rings (SSSR count). The highest BCUT2D eigenvalue weighted by molar-refractivity contribution is 5.64. The summed E-state index contributed by atoms with van der Waals surface area (Å²) in [6.45, 7) is 7.39. The highest BCUT2D eigenvalue weighted by Crippen LogP contribution is 2.25. The minimum atomic E-state index is 0.664. The van der Waals surface area contributed by atoms with Crippen molar-refractivity contribution in [2.24, 2.45) is 0 Å². The van der Waals surface area contributed by atoms with Gasteiger partial charge in [0.1, 0.15) is 5.75 Å². The Hall–Kier alpha value is -3.54. The molecule has 0 saturated carbocycles. The van der Waals surface area contributed by atoms with E-state index in [1.54, 1.807) is 0 Å². The summed E-state index contributed by atoms with van der Waals surface area (Å²) in [5, 5.41) is 15.3. The predicted molar refractivity (Wildman–Crippen MR) is 116 cm³/mol. The molecule has 0 radical (unpaired) electrons. The fraction of sp³-hybridized carbons (Fsp3) is 0.217. The highest BCUT2D eigenvalue weighted by Gasteiger charge is 2.09. The van der Waals surface area contributed by atoms with Crippen molar-refractivity contribution in [1.82, 2.24) is 20.0 Å². The lowest BCUT2D eigenvalue weighted by molar-refractivity contribution is 0.340. The Kier molecular flexibility index (Phi) is 5.33.